The molecule has 0 fully saturated rings. The number of aliphatic carboxylic acids is 1. The number of halogens is 1. The first-order valence-electron chi connectivity index (χ1n) is 6.58. The number of carbonyl (C=O) groups is 1. The first-order chi connectivity index (χ1) is 9.43. The van der Waals surface area contributed by atoms with Gasteiger partial charge in [-0.15, -0.1) is 0 Å². The lowest BCUT2D eigenvalue weighted by Gasteiger charge is -2.26. The fourth-order valence-electron chi connectivity index (χ4n) is 1.92. The van der Waals surface area contributed by atoms with E-state index in [0.29, 0.717) is 36.1 Å². The average Bonchev–Trinajstić information content (AvgIpc) is 2.38. The van der Waals surface area contributed by atoms with E-state index in [1.54, 1.807) is 12.1 Å². The Hall–Kier alpha value is -1.57. The minimum Gasteiger partial charge on any atom is -0.481 e. The van der Waals surface area contributed by atoms with Gasteiger partial charge in [0, 0.05) is 24.0 Å². The Kier molecular flexibility index (Phi) is 6.50. The van der Waals surface area contributed by atoms with Gasteiger partial charge in [0.05, 0.1) is 11.6 Å². The SMILES string of the molecule is CC(C)N(CCCC(=O)O)Cc1ccc(C#N)cc1Cl. The third-order valence-corrected chi connectivity index (χ3v) is 3.47. The molecule has 0 saturated heterocycles. The maximum atomic E-state index is 10.6. The predicted molar refractivity (Wildman–Crippen MR) is 78.6 cm³/mol. The second-order valence-corrected chi connectivity index (χ2v) is 5.39. The topological polar surface area (TPSA) is 64.3 Å². The van der Waals surface area contributed by atoms with E-state index in [1.165, 1.54) is 0 Å². The van der Waals surface area contributed by atoms with Crippen LogP contribution in [0.2, 0.25) is 5.02 Å². The molecule has 1 rings (SSSR count). The van der Waals surface area contributed by atoms with E-state index < -0.39 is 5.97 Å². The third-order valence-electron chi connectivity index (χ3n) is 3.12. The Balaban J connectivity index is 2.70. The molecular weight excluding hydrogens is 276 g/mol. The highest BCUT2D eigenvalue weighted by atomic mass is 35.5. The van der Waals surface area contributed by atoms with Gasteiger partial charge in [-0.3, -0.25) is 9.69 Å². The normalized spacial score (nSPS) is 10.8. The average molecular weight is 295 g/mol. The van der Waals surface area contributed by atoms with E-state index in [9.17, 15) is 4.79 Å². The molecule has 0 atom stereocenters. The molecule has 0 bridgehead atoms. The lowest BCUT2D eigenvalue weighted by Crippen LogP contribution is -2.31. The molecule has 0 saturated carbocycles. The highest BCUT2D eigenvalue weighted by Crippen LogP contribution is 2.20. The minimum atomic E-state index is -0.773. The van der Waals surface area contributed by atoms with Gasteiger partial charge in [-0.1, -0.05) is 17.7 Å². The van der Waals surface area contributed by atoms with E-state index in [-0.39, 0.29) is 6.42 Å². The Morgan fingerprint density at radius 3 is 2.70 bits per heavy atom. The summed E-state index contributed by atoms with van der Waals surface area (Å²) in [5.41, 5.74) is 1.50. The van der Waals surface area contributed by atoms with Crippen LogP contribution in [0.4, 0.5) is 0 Å². The van der Waals surface area contributed by atoms with Gasteiger partial charge in [0.15, 0.2) is 0 Å². The fourth-order valence-corrected chi connectivity index (χ4v) is 2.16. The van der Waals surface area contributed by atoms with Gasteiger partial charge >= 0.3 is 5.97 Å². The lowest BCUT2D eigenvalue weighted by atomic mass is 10.1. The molecule has 0 aliphatic heterocycles. The maximum absolute atomic E-state index is 10.6. The van der Waals surface area contributed by atoms with Crippen molar-refractivity contribution in [3.05, 3.63) is 34.3 Å². The molecule has 1 N–H and O–H groups in total. The summed E-state index contributed by atoms with van der Waals surface area (Å²) in [5.74, 6) is -0.773. The van der Waals surface area contributed by atoms with Crippen molar-refractivity contribution in [2.24, 2.45) is 0 Å². The van der Waals surface area contributed by atoms with Crippen LogP contribution in [0.25, 0.3) is 0 Å². The van der Waals surface area contributed by atoms with Crippen LogP contribution in [0.5, 0.6) is 0 Å². The van der Waals surface area contributed by atoms with Gasteiger partial charge in [-0.2, -0.15) is 5.26 Å². The Labute approximate surface area is 124 Å². The molecule has 0 amide bonds. The zero-order valence-electron chi connectivity index (χ0n) is 11.8. The van der Waals surface area contributed by atoms with Crippen molar-refractivity contribution in [3.63, 3.8) is 0 Å². The smallest absolute Gasteiger partial charge is 0.303 e. The molecule has 0 aliphatic rings. The molecule has 0 aromatic heterocycles. The molecule has 0 radical (unpaired) electrons. The van der Waals surface area contributed by atoms with E-state index in [1.807, 2.05) is 6.07 Å². The van der Waals surface area contributed by atoms with Crippen LogP contribution in [0, 0.1) is 11.3 Å². The van der Waals surface area contributed by atoms with Crippen molar-refractivity contribution in [3.8, 4) is 6.07 Å². The summed E-state index contributed by atoms with van der Waals surface area (Å²) in [6.07, 6.45) is 0.783. The summed E-state index contributed by atoms with van der Waals surface area (Å²) in [4.78, 5) is 12.7. The monoisotopic (exact) mass is 294 g/mol. The number of hydrogen-bond donors (Lipinski definition) is 1. The molecule has 0 unspecified atom stereocenters. The Morgan fingerprint density at radius 1 is 1.50 bits per heavy atom. The van der Waals surface area contributed by atoms with Crippen LogP contribution in [-0.4, -0.2) is 28.6 Å². The first-order valence-corrected chi connectivity index (χ1v) is 6.96. The number of benzene rings is 1. The molecule has 20 heavy (non-hydrogen) atoms. The Morgan fingerprint density at radius 2 is 2.20 bits per heavy atom. The summed E-state index contributed by atoms with van der Waals surface area (Å²) in [5, 5.41) is 18.1. The zero-order valence-corrected chi connectivity index (χ0v) is 12.5. The number of nitrogens with zero attached hydrogens (tertiary/aromatic N) is 2. The molecule has 0 aliphatic carbocycles. The second kappa shape index (κ2) is 7.88. The van der Waals surface area contributed by atoms with Crippen LogP contribution in [0.15, 0.2) is 18.2 Å². The standard InChI is InChI=1S/C15H19ClN2O2/c1-11(2)18(7-3-4-15(19)20)10-13-6-5-12(9-17)8-14(13)16/h5-6,8,11H,3-4,7,10H2,1-2H3,(H,19,20). The number of carboxylic acid groups (broad SMARTS) is 1. The van der Waals surface area contributed by atoms with Gasteiger partial charge in [0.2, 0.25) is 0 Å². The molecule has 1 aromatic carbocycles. The van der Waals surface area contributed by atoms with E-state index >= 15 is 0 Å². The summed E-state index contributed by atoms with van der Waals surface area (Å²) in [7, 11) is 0. The summed E-state index contributed by atoms with van der Waals surface area (Å²) < 4.78 is 0. The molecule has 1 aromatic rings. The molecule has 0 spiro atoms. The molecule has 0 heterocycles. The van der Waals surface area contributed by atoms with Crippen molar-refractivity contribution in [2.45, 2.75) is 39.3 Å². The predicted octanol–water partition coefficient (Wildman–Crippen LogP) is 3.29. The van der Waals surface area contributed by atoms with Gasteiger partial charge in [0.1, 0.15) is 0 Å². The lowest BCUT2D eigenvalue weighted by molar-refractivity contribution is -0.137. The van der Waals surface area contributed by atoms with Crippen LogP contribution >= 0.6 is 11.6 Å². The number of hydrogen-bond acceptors (Lipinski definition) is 3. The summed E-state index contributed by atoms with van der Waals surface area (Å²) in [6.45, 7) is 5.50. The summed E-state index contributed by atoms with van der Waals surface area (Å²) >= 11 is 6.17. The van der Waals surface area contributed by atoms with Gasteiger partial charge in [-0.25, -0.2) is 0 Å². The van der Waals surface area contributed by atoms with E-state index in [2.05, 4.69) is 24.8 Å². The number of rotatable bonds is 7. The van der Waals surface area contributed by atoms with E-state index in [0.717, 1.165) is 5.56 Å². The van der Waals surface area contributed by atoms with Crippen molar-refractivity contribution in [1.82, 2.24) is 4.90 Å². The van der Waals surface area contributed by atoms with Crippen LogP contribution in [0.1, 0.15) is 37.8 Å². The van der Waals surface area contributed by atoms with Crippen LogP contribution < -0.4 is 0 Å². The molecular formula is C15H19ClN2O2. The zero-order chi connectivity index (χ0) is 15.1. The Bertz CT molecular complexity index is 509. The highest BCUT2D eigenvalue weighted by molar-refractivity contribution is 6.31. The van der Waals surface area contributed by atoms with Crippen LogP contribution in [0.3, 0.4) is 0 Å². The van der Waals surface area contributed by atoms with Gasteiger partial charge in [-0.05, 0) is 44.5 Å². The highest BCUT2D eigenvalue weighted by Gasteiger charge is 2.13. The largest absolute Gasteiger partial charge is 0.481 e. The van der Waals surface area contributed by atoms with Crippen molar-refractivity contribution >= 4 is 17.6 Å². The van der Waals surface area contributed by atoms with Gasteiger partial charge in [0.25, 0.3) is 0 Å². The number of nitriles is 1. The van der Waals surface area contributed by atoms with Crippen molar-refractivity contribution in [1.29, 1.82) is 5.26 Å². The van der Waals surface area contributed by atoms with Crippen molar-refractivity contribution < 1.29 is 9.90 Å². The van der Waals surface area contributed by atoms with Crippen LogP contribution in [-0.2, 0) is 11.3 Å². The fraction of sp³-hybridized carbons (Fsp3) is 0.467. The van der Waals surface area contributed by atoms with E-state index in [4.69, 9.17) is 22.0 Å². The quantitative estimate of drug-likeness (QED) is 0.838. The van der Waals surface area contributed by atoms with Crippen molar-refractivity contribution in [2.75, 3.05) is 6.54 Å². The minimum absolute atomic E-state index is 0.171. The molecule has 4 nitrogen and oxygen atoms in total. The maximum Gasteiger partial charge on any atom is 0.303 e. The molecule has 5 heteroatoms. The number of carboxylic acids is 1. The summed E-state index contributed by atoms with van der Waals surface area (Å²) in [6, 6.07) is 7.62. The third kappa shape index (κ3) is 5.20. The first kappa shape index (κ1) is 16.5. The van der Waals surface area contributed by atoms with Gasteiger partial charge < -0.3 is 5.11 Å². The molecule has 108 valence electrons. The second-order valence-electron chi connectivity index (χ2n) is 4.98.